The molecule has 24 heavy (non-hydrogen) atoms. The van der Waals surface area contributed by atoms with Crippen molar-refractivity contribution in [3.05, 3.63) is 78.9 Å². The first-order chi connectivity index (χ1) is 11.8. The predicted molar refractivity (Wildman–Crippen MR) is 102 cm³/mol. The van der Waals surface area contributed by atoms with Gasteiger partial charge in [0.1, 0.15) is 19.0 Å². The van der Waals surface area contributed by atoms with Gasteiger partial charge in [-0.25, -0.2) is 0 Å². The third-order valence-corrected chi connectivity index (χ3v) is 4.61. The number of fused-ring (bicyclic) bond motifs is 5. The average Bonchev–Trinajstić information content (AvgIpc) is 3.00. The molecule has 0 saturated carbocycles. The standard InChI is InChI=1S/C22H13BO/c23-17-9-5-14(6-10-17)16-7-11-19-21(13-16)24-20-12-8-15-3-1-2-4-18(15)22(19)20/h1-13H. The maximum absolute atomic E-state index is 6.12. The summed E-state index contributed by atoms with van der Waals surface area (Å²) in [4.78, 5) is 0. The fourth-order valence-corrected chi connectivity index (χ4v) is 3.40. The summed E-state index contributed by atoms with van der Waals surface area (Å²) in [6, 6.07) is 26.9. The summed E-state index contributed by atoms with van der Waals surface area (Å²) in [5.74, 6) is 0. The van der Waals surface area contributed by atoms with Crippen LogP contribution in [0.1, 0.15) is 0 Å². The lowest BCUT2D eigenvalue weighted by molar-refractivity contribution is 0.669. The van der Waals surface area contributed by atoms with Gasteiger partial charge in [0, 0.05) is 10.8 Å². The van der Waals surface area contributed by atoms with E-state index in [4.69, 9.17) is 12.3 Å². The predicted octanol–water partition coefficient (Wildman–Crippen LogP) is 5.20. The molecular formula is C22H13BO. The Morgan fingerprint density at radius 3 is 2.29 bits per heavy atom. The van der Waals surface area contributed by atoms with Crippen LogP contribution in [0.25, 0.3) is 43.8 Å². The largest absolute Gasteiger partial charge is 0.456 e. The molecule has 0 atom stereocenters. The monoisotopic (exact) mass is 304 g/mol. The molecule has 0 amide bonds. The quantitative estimate of drug-likeness (QED) is 0.388. The Labute approximate surface area is 140 Å². The molecule has 1 aromatic heterocycles. The zero-order valence-corrected chi connectivity index (χ0v) is 13.0. The second-order valence-corrected chi connectivity index (χ2v) is 6.09. The van der Waals surface area contributed by atoms with Crippen LogP contribution in [0.3, 0.4) is 0 Å². The molecule has 1 nitrogen and oxygen atoms in total. The third-order valence-electron chi connectivity index (χ3n) is 4.61. The minimum Gasteiger partial charge on any atom is -0.456 e. The van der Waals surface area contributed by atoms with Crippen LogP contribution in [-0.4, -0.2) is 7.85 Å². The van der Waals surface area contributed by atoms with Gasteiger partial charge in [0.15, 0.2) is 0 Å². The Balaban J connectivity index is 1.80. The zero-order chi connectivity index (χ0) is 16.1. The van der Waals surface area contributed by atoms with Gasteiger partial charge in [0.05, 0.1) is 0 Å². The van der Waals surface area contributed by atoms with Crippen molar-refractivity contribution in [1.29, 1.82) is 0 Å². The van der Waals surface area contributed by atoms with Gasteiger partial charge in [-0.2, -0.15) is 0 Å². The van der Waals surface area contributed by atoms with Crippen LogP contribution in [0.2, 0.25) is 0 Å². The summed E-state index contributed by atoms with van der Waals surface area (Å²) in [5.41, 5.74) is 4.88. The Kier molecular flexibility index (Phi) is 2.80. The molecule has 5 rings (SSSR count). The van der Waals surface area contributed by atoms with Crippen molar-refractivity contribution in [1.82, 2.24) is 0 Å². The maximum Gasteiger partial charge on any atom is 0.136 e. The fraction of sp³-hybridized carbons (Fsp3) is 0. The van der Waals surface area contributed by atoms with E-state index in [2.05, 4.69) is 54.6 Å². The van der Waals surface area contributed by atoms with Crippen LogP contribution in [0.15, 0.2) is 83.3 Å². The molecule has 4 aromatic carbocycles. The molecule has 2 radical (unpaired) electrons. The van der Waals surface area contributed by atoms with Gasteiger partial charge in [-0.3, -0.25) is 0 Å². The lowest BCUT2D eigenvalue weighted by atomic mass is 9.93. The highest BCUT2D eigenvalue weighted by Gasteiger charge is 2.11. The molecular weight excluding hydrogens is 291 g/mol. The number of furan rings is 1. The van der Waals surface area contributed by atoms with Gasteiger partial charge >= 0.3 is 0 Å². The van der Waals surface area contributed by atoms with Gasteiger partial charge in [-0.15, -0.1) is 0 Å². The first-order valence-corrected chi connectivity index (χ1v) is 7.99. The van der Waals surface area contributed by atoms with Gasteiger partial charge in [-0.1, -0.05) is 66.1 Å². The molecule has 0 aliphatic rings. The molecule has 5 aromatic rings. The molecule has 0 bridgehead atoms. The Morgan fingerprint density at radius 2 is 1.42 bits per heavy atom. The van der Waals surface area contributed by atoms with Gasteiger partial charge in [0.2, 0.25) is 0 Å². The van der Waals surface area contributed by atoms with E-state index in [0.29, 0.717) is 0 Å². The zero-order valence-electron chi connectivity index (χ0n) is 13.0. The van der Waals surface area contributed by atoms with Crippen molar-refractivity contribution in [2.24, 2.45) is 0 Å². The molecule has 1 heterocycles. The van der Waals surface area contributed by atoms with Crippen molar-refractivity contribution < 1.29 is 4.42 Å². The molecule has 0 aliphatic carbocycles. The van der Waals surface area contributed by atoms with Crippen LogP contribution in [-0.2, 0) is 0 Å². The molecule has 0 aliphatic heterocycles. The van der Waals surface area contributed by atoms with Crippen LogP contribution >= 0.6 is 0 Å². The van der Waals surface area contributed by atoms with Gasteiger partial charge in [-0.05, 0) is 40.1 Å². The van der Waals surface area contributed by atoms with E-state index in [1.165, 1.54) is 16.2 Å². The number of hydrogen-bond donors (Lipinski definition) is 0. The van der Waals surface area contributed by atoms with E-state index in [0.717, 1.165) is 33.1 Å². The highest BCUT2D eigenvalue weighted by molar-refractivity contribution is 6.32. The normalized spacial score (nSPS) is 11.5. The number of hydrogen-bond acceptors (Lipinski definition) is 1. The Morgan fingerprint density at radius 1 is 0.625 bits per heavy atom. The number of benzene rings is 4. The minimum atomic E-state index is 0.773. The highest BCUT2D eigenvalue weighted by Crippen LogP contribution is 2.36. The maximum atomic E-state index is 6.12. The van der Waals surface area contributed by atoms with Crippen molar-refractivity contribution in [3.8, 4) is 11.1 Å². The van der Waals surface area contributed by atoms with Crippen molar-refractivity contribution in [2.45, 2.75) is 0 Å². The molecule has 110 valence electrons. The van der Waals surface area contributed by atoms with E-state index in [1.54, 1.807) is 0 Å². The average molecular weight is 304 g/mol. The summed E-state index contributed by atoms with van der Waals surface area (Å²) >= 11 is 0. The van der Waals surface area contributed by atoms with Crippen molar-refractivity contribution in [2.75, 3.05) is 0 Å². The lowest BCUT2D eigenvalue weighted by Gasteiger charge is -2.02. The van der Waals surface area contributed by atoms with Crippen molar-refractivity contribution >= 4 is 46.0 Å². The van der Waals surface area contributed by atoms with Crippen molar-refractivity contribution in [3.63, 3.8) is 0 Å². The van der Waals surface area contributed by atoms with Crippen LogP contribution in [0, 0.1) is 0 Å². The second kappa shape index (κ2) is 5.00. The van der Waals surface area contributed by atoms with E-state index >= 15 is 0 Å². The minimum absolute atomic E-state index is 0.773. The molecule has 0 spiro atoms. The summed E-state index contributed by atoms with van der Waals surface area (Å²) < 4.78 is 6.12. The van der Waals surface area contributed by atoms with E-state index in [9.17, 15) is 0 Å². The number of rotatable bonds is 1. The highest BCUT2D eigenvalue weighted by atomic mass is 16.3. The van der Waals surface area contributed by atoms with Crippen LogP contribution in [0.5, 0.6) is 0 Å². The molecule has 2 heteroatoms. The first kappa shape index (κ1) is 13.4. The smallest absolute Gasteiger partial charge is 0.136 e. The molecule has 0 fully saturated rings. The van der Waals surface area contributed by atoms with E-state index < -0.39 is 0 Å². The first-order valence-electron chi connectivity index (χ1n) is 7.99. The molecule has 0 unspecified atom stereocenters. The summed E-state index contributed by atoms with van der Waals surface area (Å²) in [5, 5.41) is 4.80. The topological polar surface area (TPSA) is 13.1 Å². The Hall–Kier alpha value is -3.00. The van der Waals surface area contributed by atoms with Gasteiger partial charge < -0.3 is 4.42 Å². The van der Waals surface area contributed by atoms with E-state index in [1.807, 2.05) is 24.3 Å². The second-order valence-electron chi connectivity index (χ2n) is 6.09. The van der Waals surface area contributed by atoms with Crippen LogP contribution in [0.4, 0.5) is 0 Å². The summed E-state index contributed by atoms with van der Waals surface area (Å²) in [6.45, 7) is 0. The lowest BCUT2D eigenvalue weighted by Crippen LogP contribution is -1.98. The van der Waals surface area contributed by atoms with Gasteiger partial charge in [0.25, 0.3) is 0 Å². The third kappa shape index (κ3) is 1.96. The van der Waals surface area contributed by atoms with E-state index in [-0.39, 0.29) is 0 Å². The molecule has 0 saturated heterocycles. The fourth-order valence-electron chi connectivity index (χ4n) is 3.40. The van der Waals surface area contributed by atoms with Crippen LogP contribution < -0.4 is 5.46 Å². The summed E-state index contributed by atoms with van der Waals surface area (Å²) in [7, 11) is 5.78. The molecule has 0 N–H and O–H groups in total. The summed E-state index contributed by atoms with van der Waals surface area (Å²) in [6.07, 6.45) is 0. The SMILES string of the molecule is [B]c1ccc(-c2ccc3c(c2)oc2ccc4ccccc4c23)cc1. The Bertz CT molecular complexity index is 1200.